The summed E-state index contributed by atoms with van der Waals surface area (Å²) in [5, 5.41) is 0.625. The largest absolute Gasteiger partial charge is 0.236 e. The fraction of sp³-hybridized carbons (Fsp3) is 0.308. The first-order valence-corrected chi connectivity index (χ1v) is 5.55. The van der Waals surface area contributed by atoms with Crippen LogP contribution in [-0.2, 0) is 6.42 Å². The number of rotatable bonds is 0. The van der Waals surface area contributed by atoms with Crippen LogP contribution in [0.15, 0.2) is 40.4 Å². The van der Waals surface area contributed by atoms with Gasteiger partial charge in [-0.15, -0.1) is 0 Å². The molecule has 2 heteroatoms. The summed E-state index contributed by atoms with van der Waals surface area (Å²) in [4.78, 5) is 4.46. The van der Waals surface area contributed by atoms with Gasteiger partial charge < -0.3 is 0 Å². The highest BCUT2D eigenvalue weighted by atomic mass is 35.5. The molecule has 0 unspecified atom stereocenters. The molecule has 0 bridgehead atoms. The minimum Gasteiger partial charge on any atom is -0.236 e. The van der Waals surface area contributed by atoms with E-state index in [9.17, 15) is 0 Å². The van der Waals surface area contributed by atoms with Crippen molar-refractivity contribution in [1.29, 1.82) is 0 Å². The summed E-state index contributed by atoms with van der Waals surface area (Å²) in [7, 11) is 0. The number of nitrogens with zero attached hydrogens (tertiary/aromatic N) is 1. The molecule has 0 fully saturated rings. The van der Waals surface area contributed by atoms with E-state index < -0.39 is 0 Å². The van der Waals surface area contributed by atoms with Gasteiger partial charge in [0.2, 0.25) is 0 Å². The molecule has 0 aliphatic carbocycles. The fourth-order valence-electron chi connectivity index (χ4n) is 1.71. The average Bonchev–Trinajstić information content (AvgIpc) is 2.25. The van der Waals surface area contributed by atoms with Crippen molar-refractivity contribution in [2.45, 2.75) is 26.7 Å². The van der Waals surface area contributed by atoms with E-state index in [-0.39, 0.29) is 0 Å². The summed E-state index contributed by atoms with van der Waals surface area (Å²) in [6.45, 7) is 4.16. The molecule has 1 nitrogen and oxygen atoms in total. The van der Waals surface area contributed by atoms with Gasteiger partial charge in [-0.1, -0.05) is 35.4 Å². The highest BCUT2D eigenvalue weighted by Gasteiger charge is 2.10. The predicted molar refractivity (Wildman–Crippen MR) is 66.1 cm³/mol. The molecule has 1 aromatic rings. The second-order valence-corrected chi connectivity index (χ2v) is 4.29. The monoisotopic (exact) mass is 219 g/mol. The number of hydrogen-bond donors (Lipinski definition) is 0. The summed E-state index contributed by atoms with van der Waals surface area (Å²) in [5.74, 6) is 0. The van der Waals surface area contributed by atoms with Gasteiger partial charge in [0.15, 0.2) is 0 Å². The maximum atomic E-state index is 6.16. The highest BCUT2D eigenvalue weighted by molar-refractivity contribution is 6.69. The van der Waals surface area contributed by atoms with Gasteiger partial charge in [-0.3, -0.25) is 0 Å². The number of benzene rings is 1. The van der Waals surface area contributed by atoms with Crippen LogP contribution in [0.25, 0.3) is 0 Å². The van der Waals surface area contributed by atoms with Crippen molar-refractivity contribution in [1.82, 2.24) is 0 Å². The van der Waals surface area contributed by atoms with Crippen molar-refractivity contribution in [3.8, 4) is 0 Å². The van der Waals surface area contributed by atoms with Gasteiger partial charge in [0.05, 0.1) is 5.69 Å². The molecule has 1 heterocycles. The first kappa shape index (κ1) is 10.4. The van der Waals surface area contributed by atoms with Crippen LogP contribution < -0.4 is 0 Å². The quantitative estimate of drug-likeness (QED) is 0.619. The lowest BCUT2D eigenvalue weighted by Crippen LogP contribution is -1.99. The Labute approximate surface area is 95.5 Å². The third-order valence-corrected chi connectivity index (χ3v) is 3.30. The van der Waals surface area contributed by atoms with Crippen LogP contribution in [0.5, 0.6) is 0 Å². The molecule has 78 valence electrons. The molecule has 0 N–H and O–H groups in total. The molecule has 0 radical (unpaired) electrons. The molecule has 0 amide bonds. The minimum absolute atomic E-state index is 0.625. The first-order valence-electron chi connectivity index (χ1n) is 5.17. The van der Waals surface area contributed by atoms with E-state index in [2.05, 4.69) is 24.0 Å². The molecule has 0 saturated heterocycles. The number of hydrogen-bond acceptors (Lipinski definition) is 1. The average molecular weight is 220 g/mol. The van der Waals surface area contributed by atoms with Crippen molar-refractivity contribution in [2.24, 2.45) is 4.99 Å². The molecule has 0 atom stereocenters. The van der Waals surface area contributed by atoms with Crippen LogP contribution >= 0.6 is 11.6 Å². The lowest BCUT2D eigenvalue weighted by atomic mass is 10.00. The van der Waals surface area contributed by atoms with Crippen LogP contribution in [0, 0.1) is 0 Å². The Hall–Kier alpha value is -1.08. The Balaban J connectivity index is 2.53. The molecule has 1 aliphatic heterocycles. The summed E-state index contributed by atoms with van der Waals surface area (Å²) in [6.07, 6.45) is 2.11. The topological polar surface area (TPSA) is 12.4 Å². The SMILES string of the molecule is CC1=C(C)C(Cl)=Nc2ccccc2CC1. The summed E-state index contributed by atoms with van der Waals surface area (Å²) >= 11 is 6.16. The van der Waals surface area contributed by atoms with Crippen molar-refractivity contribution in [2.75, 3.05) is 0 Å². The number of fused-ring (bicyclic) bond motifs is 1. The zero-order valence-electron chi connectivity index (χ0n) is 9.05. The van der Waals surface area contributed by atoms with Crippen LogP contribution in [0.1, 0.15) is 25.8 Å². The van der Waals surface area contributed by atoms with E-state index in [1.54, 1.807) is 0 Å². The van der Waals surface area contributed by atoms with Crippen molar-refractivity contribution in [3.05, 3.63) is 41.0 Å². The van der Waals surface area contributed by atoms with Crippen LogP contribution in [0.4, 0.5) is 5.69 Å². The number of para-hydroxylation sites is 1. The number of aliphatic imine (C=N–C) groups is 1. The first-order chi connectivity index (χ1) is 7.18. The van der Waals surface area contributed by atoms with E-state index >= 15 is 0 Å². The molecule has 0 spiro atoms. The van der Waals surface area contributed by atoms with Crippen LogP contribution in [-0.4, -0.2) is 5.17 Å². The summed E-state index contributed by atoms with van der Waals surface area (Å²) in [6, 6.07) is 8.19. The minimum atomic E-state index is 0.625. The van der Waals surface area contributed by atoms with E-state index in [0.717, 1.165) is 24.1 Å². The van der Waals surface area contributed by atoms with Gasteiger partial charge >= 0.3 is 0 Å². The van der Waals surface area contributed by atoms with Crippen molar-refractivity contribution in [3.63, 3.8) is 0 Å². The molecular formula is C13H14ClN. The second-order valence-electron chi connectivity index (χ2n) is 3.94. The highest BCUT2D eigenvalue weighted by Crippen LogP contribution is 2.27. The Morgan fingerprint density at radius 3 is 2.67 bits per heavy atom. The Kier molecular flexibility index (Phi) is 2.92. The molecule has 1 aliphatic rings. The van der Waals surface area contributed by atoms with Crippen LogP contribution in [0.2, 0.25) is 0 Å². The van der Waals surface area contributed by atoms with Crippen molar-refractivity contribution < 1.29 is 0 Å². The van der Waals surface area contributed by atoms with E-state index in [1.165, 1.54) is 11.1 Å². The standard InChI is InChI=1S/C13H14ClN/c1-9-7-8-11-5-3-4-6-12(11)15-13(14)10(9)2/h3-6H,7-8H2,1-2H3. The lowest BCUT2D eigenvalue weighted by Gasteiger charge is -2.13. The van der Waals surface area contributed by atoms with E-state index in [4.69, 9.17) is 11.6 Å². The predicted octanol–water partition coefficient (Wildman–Crippen LogP) is 4.24. The molecule has 2 rings (SSSR count). The Bertz CT molecular complexity index is 444. The number of halogens is 1. The molecule has 0 aromatic heterocycles. The molecular weight excluding hydrogens is 206 g/mol. The van der Waals surface area contributed by atoms with Gasteiger partial charge in [-0.2, -0.15) is 0 Å². The Morgan fingerprint density at radius 1 is 1.13 bits per heavy atom. The smallest absolute Gasteiger partial charge is 0.132 e. The Morgan fingerprint density at radius 2 is 1.87 bits per heavy atom. The maximum Gasteiger partial charge on any atom is 0.132 e. The van der Waals surface area contributed by atoms with Crippen LogP contribution in [0.3, 0.4) is 0 Å². The van der Waals surface area contributed by atoms with E-state index in [1.807, 2.05) is 19.1 Å². The van der Waals surface area contributed by atoms with Gasteiger partial charge in [0.25, 0.3) is 0 Å². The zero-order valence-corrected chi connectivity index (χ0v) is 9.80. The lowest BCUT2D eigenvalue weighted by molar-refractivity contribution is 0.927. The fourth-order valence-corrected chi connectivity index (χ4v) is 1.96. The third-order valence-electron chi connectivity index (χ3n) is 2.93. The third kappa shape index (κ3) is 2.13. The normalized spacial score (nSPS) is 16.6. The van der Waals surface area contributed by atoms with Gasteiger partial charge in [0, 0.05) is 0 Å². The van der Waals surface area contributed by atoms with Gasteiger partial charge in [0.1, 0.15) is 5.17 Å². The maximum absolute atomic E-state index is 6.16. The molecule has 0 saturated carbocycles. The molecule has 1 aromatic carbocycles. The number of aryl methyl sites for hydroxylation is 1. The molecule has 15 heavy (non-hydrogen) atoms. The number of allylic oxidation sites excluding steroid dienone is 2. The van der Waals surface area contributed by atoms with Gasteiger partial charge in [-0.25, -0.2) is 4.99 Å². The van der Waals surface area contributed by atoms with E-state index in [0.29, 0.717) is 5.17 Å². The summed E-state index contributed by atoms with van der Waals surface area (Å²) < 4.78 is 0. The van der Waals surface area contributed by atoms with Crippen molar-refractivity contribution >= 4 is 22.5 Å². The summed E-state index contributed by atoms with van der Waals surface area (Å²) in [5.41, 5.74) is 4.74. The van der Waals surface area contributed by atoms with Gasteiger partial charge in [-0.05, 0) is 43.9 Å². The second kappa shape index (κ2) is 4.19. The zero-order chi connectivity index (χ0) is 10.8.